The number of hydrogen-bond acceptors (Lipinski definition) is 2. The summed E-state index contributed by atoms with van der Waals surface area (Å²) in [7, 11) is 0. The third-order valence-electron chi connectivity index (χ3n) is 3.24. The molecule has 1 aliphatic carbocycles. The van der Waals surface area contributed by atoms with E-state index in [1.807, 2.05) is 0 Å². The van der Waals surface area contributed by atoms with Gasteiger partial charge in [0.15, 0.2) is 5.79 Å². The molecule has 13 heavy (non-hydrogen) atoms. The Kier molecular flexibility index (Phi) is 2.61. The van der Waals surface area contributed by atoms with Crippen molar-refractivity contribution in [1.82, 2.24) is 0 Å². The fraction of sp³-hybridized carbons (Fsp3) is 1.00. The summed E-state index contributed by atoms with van der Waals surface area (Å²) in [5, 5.41) is 0. The molecule has 0 bridgehead atoms. The Morgan fingerprint density at radius 2 is 1.85 bits per heavy atom. The van der Waals surface area contributed by atoms with Crippen LogP contribution in [0.4, 0.5) is 0 Å². The second-order valence-electron chi connectivity index (χ2n) is 4.68. The summed E-state index contributed by atoms with van der Waals surface area (Å²) in [5.74, 6) is 0.411. The maximum atomic E-state index is 6.03. The molecule has 1 aliphatic heterocycles. The lowest BCUT2D eigenvalue weighted by Gasteiger charge is -2.32. The van der Waals surface area contributed by atoms with Gasteiger partial charge in [0.25, 0.3) is 0 Å². The van der Waals surface area contributed by atoms with Crippen molar-refractivity contribution in [2.45, 2.75) is 57.8 Å². The molecule has 2 aliphatic rings. The van der Waals surface area contributed by atoms with E-state index < -0.39 is 0 Å². The smallest absolute Gasteiger partial charge is 0.168 e. The normalized spacial score (nSPS) is 33.0. The van der Waals surface area contributed by atoms with E-state index in [2.05, 4.69) is 13.8 Å². The zero-order valence-electron chi connectivity index (χ0n) is 8.71. The highest BCUT2D eigenvalue weighted by molar-refractivity contribution is 4.83. The van der Waals surface area contributed by atoms with Gasteiger partial charge in [0.05, 0.1) is 12.7 Å². The van der Waals surface area contributed by atoms with E-state index in [9.17, 15) is 0 Å². The maximum Gasteiger partial charge on any atom is 0.168 e. The van der Waals surface area contributed by atoms with E-state index >= 15 is 0 Å². The highest BCUT2D eigenvalue weighted by Crippen LogP contribution is 2.39. The van der Waals surface area contributed by atoms with Crippen LogP contribution in [0.15, 0.2) is 0 Å². The quantitative estimate of drug-likeness (QED) is 0.624. The molecule has 1 saturated carbocycles. The lowest BCUT2D eigenvalue weighted by atomic mass is 9.94. The minimum Gasteiger partial charge on any atom is -0.347 e. The third kappa shape index (κ3) is 1.89. The molecular weight excluding hydrogens is 164 g/mol. The first-order valence-electron chi connectivity index (χ1n) is 5.54. The topological polar surface area (TPSA) is 18.5 Å². The van der Waals surface area contributed by atoms with Gasteiger partial charge in [-0.15, -0.1) is 0 Å². The summed E-state index contributed by atoms with van der Waals surface area (Å²) in [6, 6.07) is 0. The van der Waals surface area contributed by atoms with Crippen LogP contribution in [-0.4, -0.2) is 18.5 Å². The largest absolute Gasteiger partial charge is 0.347 e. The summed E-state index contributed by atoms with van der Waals surface area (Å²) in [4.78, 5) is 0. The molecule has 0 N–H and O–H groups in total. The highest BCUT2D eigenvalue weighted by Gasteiger charge is 2.42. The molecule has 0 aromatic rings. The summed E-state index contributed by atoms with van der Waals surface area (Å²) in [6.45, 7) is 5.21. The van der Waals surface area contributed by atoms with E-state index in [1.165, 1.54) is 19.3 Å². The summed E-state index contributed by atoms with van der Waals surface area (Å²) >= 11 is 0. The Morgan fingerprint density at radius 1 is 1.15 bits per heavy atom. The SMILES string of the molecule is CC(C)[C@H]1COC2(CCCCC2)O1. The summed E-state index contributed by atoms with van der Waals surface area (Å²) in [6.07, 6.45) is 6.43. The fourth-order valence-electron chi connectivity index (χ4n) is 2.26. The average molecular weight is 184 g/mol. The first kappa shape index (κ1) is 9.47. The molecule has 2 rings (SSSR count). The number of hydrogen-bond donors (Lipinski definition) is 0. The molecule has 0 aromatic heterocycles. The van der Waals surface area contributed by atoms with Crippen molar-refractivity contribution in [3.05, 3.63) is 0 Å². The van der Waals surface area contributed by atoms with Crippen LogP contribution in [0.1, 0.15) is 46.0 Å². The molecule has 0 radical (unpaired) electrons. The van der Waals surface area contributed by atoms with Gasteiger partial charge in [-0.1, -0.05) is 20.3 Å². The number of ether oxygens (including phenoxy) is 2. The lowest BCUT2D eigenvalue weighted by molar-refractivity contribution is -0.190. The molecular formula is C11H20O2. The van der Waals surface area contributed by atoms with E-state index in [0.29, 0.717) is 12.0 Å². The first-order chi connectivity index (χ1) is 6.22. The minimum absolute atomic E-state index is 0.173. The molecule has 2 nitrogen and oxygen atoms in total. The van der Waals surface area contributed by atoms with Crippen LogP contribution in [0, 0.1) is 5.92 Å². The van der Waals surface area contributed by atoms with Gasteiger partial charge in [-0.3, -0.25) is 0 Å². The van der Waals surface area contributed by atoms with Gasteiger partial charge in [0.2, 0.25) is 0 Å². The van der Waals surface area contributed by atoms with Crippen molar-refractivity contribution in [2.75, 3.05) is 6.61 Å². The summed E-state index contributed by atoms with van der Waals surface area (Å²) < 4.78 is 11.9. The van der Waals surface area contributed by atoms with Crippen LogP contribution in [0.3, 0.4) is 0 Å². The van der Waals surface area contributed by atoms with E-state index in [1.54, 1.807) is 0 Å². The van der Waals surface area contributed by atoms with Gasteiger partial charge in [0, 0.05) is 12.8 Å². The van der Waals surface area contributed by atoms with Gasteiger partial charge in [-0.25, -0.2) is 0 Å². The predicted octanol–water partition coefficient (Wildman–Crippen LogP) is 2.72. The van der Waals surface area contributed by atoms with Gasteiger partial charge < -0.3 is 9.47 Å². The minimum atomic E-state index is -0.173. The van der Waals surface area contributed by atoms with Crippen LogP contribution >= 0.6 is 0 Å². The second-order valence-corrected chi connectivity index (χ2v) is 4.68. The highest BCUT2D eigenvalue weighted by atomic mass is 16.7. The molecule has 1 spiro atoms. The standard InChI is InChI=1S/C11H20O2/c1-9(2)10-8-12-11(13-10)6-4-3-5-7-11/h9-10H,3-8H2,1-2H3/t10-/m1/s1. The molecule has 2 heteroatoms. The van der Waals surface area contributed by atoms with Gasteiger partial charge in [-0.05, 0) is 18.8 Å². The zero-order chi connectivity index (χ0) is 9.31. The van der Waals surface area contributed by atoms with Crippen LogP contribution in [0.2, 0.25) is 0 Å². The van der Waals surface area contributed by atoms with E-state index in [0.717, 1.165) is 19.4 Å². The van der Waals surface area contributed by atoms with Crippen molar-refractivity contribution in [3.63, 3.8) is 0 Å². The first-order valence-corrected chi connectivity index (χ1v) is 5.54. The Balaban J connectivity index is 1.94. The predicted molar refractivity (Wildman–Crippen MR) is 51.5 cm³/mol. The fourth-order valence-corrected chi connectivity index (χ4v) is 2.26. The van der Waals surface area contributed by atoms with Gasteiger partial charge in [-0.2, -0.15) is 0 Å². The van der Waals surface area contributed by atoms with Crippen LogP contribution in [0.25, 0.3) is 0 Å². The molecule has 76 valence electrons. The Morgan fingerprint density at radius 3 is 2.38 bits per heavy atom. The van der Waals surface area contributed by atoms with Gasteiger partial charge in [0.1, 0.15) is 0 Å². The Labute approximate surface area is 80.6 Å². The lowest BCUT2D eigenvalue weighted by Crippen LogP contribution is -2.34. The summed E-state index contributed by atoms with van der Waals surface area (Å²) in [5.41, 5.74) is 0. The van der Waals surface area contributed by atoms with E-state index in [4.69, 9.17) is 9.47 Å². The third-order valence-corrected chi connectivity index (χ3v) is 3.24. The maximum absolute atomic E-state index is 6.03. The van der Waals surface area contributed by atoms with Crippen molar-refractivity contribution < 1.29 is 9.47 Å². The molecule has 0 aromatic carbocycles. The monoisotopic (exact) mass is 184 g/mol. The van der Waals surface area contributed by atoms with Crippen LogP contribution in [0.5, 0.6) is 0 Å². The van der Waals surface area contributed by atoms with Gasteiger partial charge >= 0.3 is 0 Å². The Hall–Kier alpha value is -0.0800. The zero-order valence-corrected chi connectivity index (χ0v) is 8.71. The van der Waals surface area contributed by atoms with Crippen LogP contribution in [-0.2, 0) is 9.47 Å². The molecule has 1 heterocycles. The van der Waals surface area contributed by atoms with E-state index in [-0.39, 0.29) is 5.79 Å². The van der Waals surface area contributed by atoms with Crippen molar-refractivity contribution in [2.24, 2.45) is 5.92 Å². The molecule has 1 saturated heterocycles. The molecule has 1 atom stereocenters. The molecule has 0 unspecified atom stereocenters. The average Bonchev–Trinajstić information content (AvgIpc) is 2.51. The molecule has 2 fully saturated rings. The van der Waals surface area contributed by atoms with Crippen LogP contribution < -0.4 is 0 Å². The Bertz CT molecular complexity index is 171. The second kappa shape index (κ2) is 3.58. The van der Waals surface area contributed by atoms with Crippen molar-refractivity contribution in [1.29, 1.82) is 0 Å². The number of rotatable bonds is 1. The van der Waals surface area contributed by atoms with Crippen molar-refractivity contribution in [3.8, 4) is 0 Å². The van der Waals surface area contributed by atoms with Crippen molar-refractivity contribution >= 4 is 0 Å². The molecule has 0 amide bonds.